The Hall–Kier alpha value is -3.19. The standard InChI is InChI=1S/C22H25N5O2/c1-4-27-13-25-17-11-14(5-6-18(17)27)16-12-19(29-10-9-26(2)3)20(22(23)28)15-7-8-24-21(15)16/h5-6,8,11-13H,4,7,9-10H2,1-3H3,(H2,23,28). The molecular weight excluding hydrogens is 366 g/mol. The number of rotatable bonds is 7. The number of aromatic nitrogens is 2. The summed E-state index contributed by atoms with van der Waals surface area (Å²) in [4.78, 5) is 23.3. The minimum absolute atomic E-state index is 0.427. The SMILES string of the molecule is CCn1cnc2cc(-c3cc(OCCN(C)C)c(C(N)=O)c4c3N=CC4)ccc21. The van der Waals surface area contributed by atoms with Crippen molar-refractivity contribution in [3.63, 3.8) is 0 Å². The first-order chi connectivity index (χ1) is 14.0. The van der Waals surface area contributed by atoms with Crippen molar-refractivity contribution in [2.45, 2.75) is 19.9 Å². The van der Waals surface area contributed by atoms with Crippen LogP contribution in [0.1, 0.15) is 22.8 Å². The van der Waals surface area contributed by atoms with Gasteiger partial charge in [-0.2, -0.15) is 0 Å². The fourth-order valence-corrected chi connectivity index (χ4v) is 3.70. The second kappa shape index (κ2) is 7.67. The number of likely N-dealkylation sites (N-methyl/N-ethyl adjacent to an activating group) is 1. The highest BCUT2D eigenvalue weighted by Gasteiger charge is 2.25. The zero-order valence-corrected chi connectivity index (χ0v) is 17.0. The lowest BCUT2D eigenvalue weighted by molar-refractivity contribution is 0.0995. The first-order valence-corrected chi connectivity index (χ1v) is 9.74. The highest BCUT2D eigenvalue weighted by atomic mass is 16.5. The number of amides is 1. The van der Waals surface area contributed by atoms with Crippen molar-refractivity contribution >= 4 is 28.8 Å². The Kier molecular flexibility index (Phi) is 5.07. The highest BCUT2D eigenvalue weighted by Crippen LogP contribution is 2.43. The number of nitrogens with zero attached hydrogens (tertiary/aromatic N) is 4. The van der Waals surface area contributed by atoms with Crippen LogP contribution in [-0.2, 0) is 13.0 Å². The first kappa shape index (κ1) is 19.1. The second-order valence-electron chi connectivity index (χ2n) is 7.39. The van der Waals surface area contributed by atoms with Gasteiger partial charge in [-0.1, -0.05) is 6.07 Å². The van der Waals surface area contributed by atoms with Crippen molar-refractivity contribution in [2.75, 3.05) is 27.2 Å². The van der Waals surface area contributed by atoms with Crippen LogP contribution in [0.5, 0.6) is 5.75 Å². The maximum atomic E-state index is 12.2. The predicted octanol–water partition coefficient (Wildman–Crippen LogP) is 3.02. The molecule has 7 nitrogen and oxygen atoms in total. The quantitative estimate of drug-likeness (QED) is 0.671. The van der Waals surface area contributed by atoms with E-state index in [1.165, 1.54) is 0 Å². The van der Waals surface area contributed by atoms with Crippen LogP contribution in [0.15, 0.2) is 35.6 Å². The summed E-state index contributed by atoms with van der Waals surface area (Å²) in [5.74, 6) is 0.0214. The summed E-state index contributed by atoms with van der Waals surface area (Å²) in [6.45, 7) is 4.16. The molecule has 2 aromatic carbocycles. The number of carbonyl (C=O) groups excluding carboxylic acids is 1. The number of aliphatic imine (C=N–C) groups is 1. The van der Waals surface area contributed by atoms with Gasteiger partial charge in [-0.25, -0.2) is 4.98 Å². The molecule has 1 aliphatic rings. The van der Waals surface area contributed by atoms with Crippen molar-refractivity contribution in [3.8, 4) is 16.9 Å². The van der Waals surface area contributed by atoms with E-state index in [0.29, 0.717) is 24.3 Å². The zero-order chi connectivity index (χ0) is 20.5. The van der Waals surface area contributed by atoms with Crippen molar-refractivity contribution in [1.82, 2.24) is 14.5 Å². The summed E-state index contributed by atoms with van der Waals surface area (Å²) in [6, 6.07) is 8.07. The number of imidazole rings is 1. The van der Waals surface area contributed by atoms with E-state index in [1.807, 2.05) is 37.6 Å². The molecule has 2 N–H and O–H groups in total. The molecule has 0 unspecified atom stereocenters. The Labute approximate surface area is 169 Å². The Morgan fingerprint density at radius 1 is 1.31 bits per heavy atom. The third kappa shape index (κ3) is 3.49. The lowest BCUT2D eigenvalue weighted by Crippen LogP contribution is -2.21. The van der Waals surface area contributed by atoms with Crippen LogP contribution < -0.4 is 10.5 Å². The smallest absolute Gasteiger partial charge is 0.252 e. The Morgan fingerprint density at radius 3 is 2.86 bits per heavy atom. The van der Waals surface area contributed by atoms with Crippen LogP contribution in [0.25, 0.3) is 22.2 Å². The van der Waals surface area contributed by atoms with Gasteiger partial charge in [0.15, 0.2) is 0 Å². The van der Waals surface area contributed by atoms with E-state index in [1.54, 1.807) is 0 Å². The van der Waals surface area contributed by atoms with E-state index in [4.69, 9.17) is 10.5 Å². The predicted molar refractivity (Wildman–Crippen MR) is 115 cm³/mol. The van der Waals surface area contributed by atoms with E-state index in [0.717, 1.165) is 46.5 Å². The summed E-state index contributed by atoms with van der Waals surface area (Å²) in [5.41, 5.74) is 11.7. The van der Waals surface area contributed by atoms with E-state index < -0.39 is 5.91 Å². The molecule has 0 saturated carbocycles. The number of benzene rings is 2. The maximum Gasteiger partial charge on any atom is 0.252 e. The Balaban J connectivity index is 1.83. The van der Waals surface area contributed by atoms with Crippen LogP contribution in [-0.4, -0.2) is 53.8 Å². The fraction of sp³-hybridized carbons (Fsp3) is 0.318. The molecule has 0 atom stereocenters. The second-order valence-corrected chi connectivity index (χ2v) is 7.39. The van der Waals surface area contributed by atoms with Gasteiger partial charge in [0.2, 0.25) is 0 Å². The van der Waals surface area contributed by atoms with Gasteiger partial charge in [-0.05, 0) is 44.8 Å². The van der Waals surface area contributed by atoms with E-state index >= 15 is 0 Å². The Morgan fingerprint density at radius 2 is 2.14 bits per heavy atom. The summed E-state index contributed by atoms with van der Waals surface area (Å²) < 4.78 is 8.09. The molecule has 2 heterocycles. The molecule has 0 spiro atoms. The average molecular weight is 391 g/mol. The monoisotopic (exact) mass is 391 g/mol. The minimum Gasteiger partial charge on any atom is -0.491 e. The number of ether oxygens (including phenoxy) is 1. The van der Waals surface area contributed by atoms with Gasteiger partial charge in [0.25, 0.3) is 5.91 Å². The van der Waals surface area contributed by atoms with Crippen LogP contribution in [0.4, 0.5) is 5.69 Å². The lowest BCUT2D eigenvalue weighted by Gasteiger charge is -2.18. The number of aryl methyl sites for hydroxylation is 1. The number of hydrogen-bond donors (Lipinski definition) is 1. The molecule has 1 amide bonds. The van der Waals surface area contributed by atoms with Crippen LogP contribution in [0.3, 0.4) is 0 Å². The molecule has 1 aromatic heterocycles. The largest absolute Gasteiger partial charge is 0.491 e. The van der Waals surface area contributed by atoms with Gasteiger partial charge in [0.1, 0.15) is 12.4 Å². The molecule has 0 bridgehead atoms. The molecule has 0 fully saturated rings. The van der Waals surface area contributed by atoms with Crippen LogP contribution >= 0.6 is 0 Å². The molecule has 0 radical (unpaired) electrons. The molecule has 1 aliphatic heterocycles. The van der Waals surface area contributed by atoms with Gasteiger partial charge < -0.3 is 19.9 Å². The van der Waals surface area contributed by atoms with Gasteiger partial charge >= 0.3 is 0 Å². The fourth-order valence-electron chi connectivity index (χ4n) is 3.70. The normalized spacial score (nSPS) is 12.7. The zero-order valence-electron chi connectivity index (χ0n) is 17.0. The van der Waals surface area contributed by atoms with Crippen LogP contribution in [0, 0.1) is 0 Å². The summed E-state index contributed by atoms with van der Waals surface area (Å²) >= 11 is 0. The number of nitrogens with two attached hydrogens (primary N) is 1. The number of carbonyl (C=O) groups is 1. The van der Waals surface area contributed by atoms with Crippen molar-refractivity contribution < 1.29 is 9.53 Å². The lowest BCUT2D eigenvalue weighted by atomic mass is 9.94. The molecule has 3 aromatic rings. The van der Waals surface area contributed by atoms with Gasteiger partial charge in [0.05, 0.1) is 28.6 Å². The molecular formula is C22H25N5O2. The molecule has 4 rings (SSSR count). The molecule has 150 valence electrons. The van der Waals surface area contributed by atoms with Gasteiger partial charge in [-0.3, -0.25) is 9.79 Å². The topological polar surface area (TPSA) is 85.7 Å². The van der Waals surface area contributed by atoms with E-state index in [2.05, 4.69) is 39.7 Å². The third-order valence-corrected chi connectivity index (χ3v) is 5.20. The third-order valence-electron chi connectivity index (χ3n) is 5.20. The number of primary amides is 1. The highest BCUT2D eigenvalue weighted by molar-refractivity contribution is 6.04. The summed E-state index contributed by atoms with van der Waals surface area (Å²) in [7, 11) is 3.95. The van der Waals surface area contributed by atoms with E-state index in [-0.39, 0.29) is 0 Å². The molecule has 29 heavy (non-hydrogen) atoms. The maximum absolute atomic E-state index is 12.2. The van der Waals surface area contributed by atoms with E-state index in [9.17, 15) is 4.79 Å². The van der Waals surface area contributed by atoms with Crippen molar-refractivity contribution in [2.24, 2.45) is 10.7 Å². The number of hydrogen-bond acceptors (Lipinski definition) is 5. The average Bonchev–Trinajstić information content (AvgIpc) is 3.32. The summed E-state index contributed by atoms with van der Waals surface area (Å²) in [6.07, 6.45) is 4.23. The van der Waals surface area contributed by atoms with Crippen LogP contribution in [0.2, 0.25) is 0 Å². The van der Waals surface area contributed by atoms with Gasteiger partial charge in [0, 0.05) is 36.9 Å². The molecule has 7 heteroatoms. The first-order valence-electron chi connectivity index (χ1n) is 9.74. The number of fused-ring (bicyclic) bond motifs is 2. The van der Waals surface area contributed by atoms with Crippen molar-refractivity contribution in [3.05, 3.63) is 41.7 Å². The minimum atomic E-state index is -0.490. The molecule has 0 aliphatic carbocycles. The molecule has 0 saturated heterocycles. The summed E-state index contributed by atoms with van der Waals surface area (Å²) in [5, 5.41) is 0. The van der Waals surface area contributed by atoms with Crippen molar-refractivity contribution in [1.29, 1.82) is 0 Å². The van der Waals surface area contributed by atoms with Gasteiger partial charge in [-0.15, -0.1) is 0 Å². The Bertz CT molecular complexity index is 1110.